The molecular formula is C15H14N4O2. The maximum absolute atomic E-state index is 11.9. The Hall–Kier alpha value is -2.89. The number of H-pyrrole nitrogens is 1. The Morgan fingerprint density at radius 3 is 2.95 bits per heavy atom. The lowest BCUT2D eigenvalue weighted by atomic mass is 10.2. The highest BCUT2D eigenvalue weighted by molar-refractivity contribution is 5.99. The van der Waals surface area contributed by atoms with Crippen LogP contribution in [0.1, 0.15) is 16.1 Å². The summed E-state index contributed by atoms with van der Waals surface area (Å²) in [6, 6.07) is 7.79. The highest BCUT2D eigenvalue weighted by Gasteiger charge is 2.18. The second-order valence-electron chi connectivity index (χ2n) is 4.54. The van der Waals surface area contributed by atoms with Gasteiger partial charge in [0.1, 0.15) is 17.7 Å². The van der Waals surface area contributed by atoms with Crippen LogP contribution in [0.4, 0.5) is 11.5 Å². The van der Waals surface area contributed by atoms with Gasteiger partial charge in [-0.15, -0.1) is 0 Å². The predicted molar refractivity (Wildman–Crippen MR) is 79.7 cm³/mol. The predicted octanol–water partition coefficient (Wildman–Crippen LogP) is 2.80. The molecule has 106 valence electrons. The summed E-state index contributed by atoms with van der Waals surface area (Å²) in [6.45, 7) is 1.75. The van der Waals surface area contributed by atoms with Crippen LogP contribution in [0.2, 0.25) is 0 Å². The fourth-order valence-electron chi connectivity index (χ4n) is 2.24. The van der Waals surface area contributed by atoms with Crippen molar-refractivity contribution < 1.29 is 9.53 Å². The van der Waals surface area contributed by atoms with E-state index in [2.05, 4.69) is 20.3 Å². The molecule has 0 aliphatic heterocycles. The van der Waals surface area contributed by atoms with E-state index in [1.807, 2.05) is 30.5 Å². The minimum atomic E-state index is -0.461. The first kappa shape index (κ1) is 13.1. The van der Waals surface area contributed by atoms with Crippen LogP contribution in [0.25, 0.3) is 10.9 Å². The number of hydrogen-bond donors (Lipinski definition) is 2. The summed E-state index contributed by atoms with van der Waals surface area (Å²) < 4.78 is 4.80. The standard InChI is InChI=1S/C15H14N4O2/c1-9-13(15(20)21-2)14(18-8-17-9)19-12-5-3-4-11-10(12)6-7-16-11/h3-8,16H,1-2H3,(H,17,18,19). The van der Waals surface area contributed by atoms with Crippen molar-refractivity contribution in [3.63, 3.8) is 0 Å². The molecule has 1 aromatic carbocycles. The highest BCUT2D eigenvalue weighted by Crippen LogP contribution is 2.27. The molecule has 0 radical (unpaired) electrons. The molecule has 0 saturated carbocycles. The first-order valence-corrected chi connectivity index (χ1v) is 6.43. The zero-order chi connectivity index (χ0) is 14.8. The van der Waals surface area contributed by atoms with E-state index in [4.69, 9.17) is 4.74 Å². The smallest absolute Gasteiger partial charge is 0.343 e. The normalized spacial score (nSPS) is 10.6. The third-order valence-corrected chi connectivity index (χ3v) is 3.27. The first-order valence-electron chi connectivity index (χ1n) is 6.43. The molecule has 6 heteroatoms. The molecule has 0 amide bonds. The largest absolute Gasteiger partial charge is 0.465 e. The summed E-state index contributed by atoms with van der Waals surface area (Å²) >= 11 is 0. The minimum Gasteiger partial charge on any atom is -0.465 e. The lowest BCUT2D eigenvalue weighted by Crippen LogP contribution is -2.11. The topological polar surface area (TPSA) is 79.9 Å². The SMILES string of the molecule is COC(=O)c1c(C)ncnc1Nc1cccc2[nH]ccc12. The number of esters is 1. The molecule has 0 fully saturated rings. The number of methoxy groups -OCH3 is 1. The van der Waals surface area contributed by atoms with E-state index in [-0.39, 0.29) is 0 Å². The second-order valence-corrected chi connectivity index (χ2v) is 4.54. The number of benzene rings is 1. The average Bonchev–Trinajstić information content (AvgIpc) is 2.96. The molecule has 0 saturated heterocycles. The summed E-state index contributed by atoms with van der Waals surface area (Å²) in [7, 11) is 1.34. The lowest BCUT2D eigenvalue weighted by molar-refractivity contribution is 0.0600. The summed E-state index contributed by atoms with van der Waals surface area (Å²) in [5, 5.41) is 4.20. The number of carbonyl (C=O) groups excluding carboxylic acids is 1. The molecule has 0 atom stereocenters. The van der Waals surface area contributed by atoms with E-state index in [1.54, 1.807) is 6.92 Å². The highest BCUT2D eigenvalue weighted by atomic mass is 16.5. The maximum Gasteiger partial charge on any atom is 0.343 e. The van der Waals surface area contributed by atoms with Crippen molar-refractivity contribution in [1.82, 2.24) is 15.0 Å². The van der Waals surface area contributed by atoms with Gasteiger partial charge in [0.25, 0.3) is 0 Å². The van der Waals surface area contributed by atoms with Gasteiger partial charge in [-0.1, -0.05) is 6.07 Å². The quantitative estimate of drug-likeness (QED) is 0.722. The van der Waals surface area contributed by atoms with E-state index >= 15 is 0 Å². The number of nitrogens with one attached hydrogen (secondary N) is 2. The number of hydrogen-bond acceptors (Lipinski definition) is 5. The van der Waals surface area contributed by atoms with Gasteiger partial charge in [-0.25, -0.2) is 14.8 Å². The molecule has 2 aromatic heterocycles. The number of ether oxygens (including phenoxy) is 1. The van der Waals surface area contributed by atoms with Gasteiger partial charge in [-0.05, 0) is 25.1 Å². The molecule has 0 unspecified atom stereocenters. The van der Waals surface area contributed by atoms with E-state index in [1.165, 1.54) is 13.4 Å². The fraction of sp³-hybridized carbons (Fsp3) is 0.133. The summed E-state index contributed by atoms with van der Waals surface area (Å²) in [5.74, 6) is -0.0279. The average molecular weight is 282 g/mol. The molecule has 3 aromatic rings. The Kier molecular flexibility index (Phi) is 3.27. The van der Waals surface area contributed by atoms with E-state index < -0.39 is 5.97 Å². The van der Waals surface area contributed by atoms with Crippen LogP contribution in [0.3, 0.4) is 0 Å². The Bertz CT molecular complexity index is 810. The van der Waals surface area contributed by atoms with Gasteiger partial charge in [0.2, 0.25) is 0 Å². The zero-order valence-electron chi connectivity index (χ0n) is 11.7. The van der Waals surface area contributed by atoms with Crippen LogP contribution < -0.4 is 5.32 Å². The van der Waals surface area contributed by atoms with E-state index in [9.17, 15) is 4.79 Å². The molecule has 2 N–H and O–H groups in total. The van der Waals surface area contributed by atoms with Crippen molar-refractivity contribution in [1.29, 1.82) is 0 Å². The molecule has 0 spiro atoms. The number of aryl methyl sites for hydroxylation is 1. The monoisotopic (exact) mass is 282 g/mol. The second kappa shape index (κ2) is 5.24. The van der Waals surface area contributed by atoms with Crippen molar-refractivity contribution in [2.24, 2.45) is 0 Å². The van der Waals surface area contributed by atoms with Crippen molar-refractivity contribution in [3.05, 3.63) is 48.0 Å². The molecule has 3 rings (SSSR count). The fourth-order valence-corrected chi connectivity index (χ4v) is 2.24. The molecule has 0 aliphatic rings. The minimum absolute atomic E-state index is 0.340. The molecule has 0 aliphatic carbocycles. The van der Waals surface area contributed by atoms with Gasteiger partial charge in [0.15, 0.2) is 0 Å². The molecule has 0 bridgehead atoms. The van der Waals surface area contributed by atoms with Gasteiger partial charge in [-0.2, -0.15) is 0 Å². The Labute approximate surface area is 121 Å². The van der Waals surface area contributed by atoms with Crippen LogP contribution in [-0.4, -0.2) is 28.0 Å². The van der Waals surface area contributed by atoms with Crippen LogP contribution in [0.5, 0.6) is 0 Å². The number of carbonyl (C=O) groups is 1. The summed E-state index contributed by atoms with van der Waals surface area (Å²) in [4.78, 5) is 23.3. The van der Waals surface area contributed by atoms with Crippen molar-refractivity contribution >= 4 is 28.4 Å². The Morgan fingerprint density at radius 1 is 1.29 bits per heavy atom. The summed E-state index contributed by atoms with van der Waals surface area (Å²) in [5.41, 5.74) is 2.77. The third kappa shape index (κ3) is 2.31. The van der Waals surface area contributed by atoms with Gasteiger partial charge in [0, 0.05) is 22.8 Å². The third-order valence-electron chi connectivity index (χ3n) is 3.27. The van der Waals surface area contributed by atoms with Crippen LogP contribution in [-0.2, 0) is 4.74 Å². The van der Waals surface area contributed by atoms with Gasteiger partial charge in [-0.3, -0.25) is 0 Å². The van der Waals surface area contributed by atoms with E-state index in [0.29, 0.717) is 17.1 Å². The first-order chi connectivity index (χ1) is 10.2. The number of anilines is 2. The van der Waals surface area contributed by atoms with Crippen LogP contribution in [0, 0.1) is 6.92 Å². The zero-order valence-corrected chi connectivity index (χ0v) is 11.7. The van der Waals surface area contributed by atoms with E-state index in [0.717, 1.165) is 16.6 Å². The van der Waals surface area contributed by atoms with Gasteiger partial charge < -0.3 is 15.0 Å². The lowest BCUT2D eigenvalue weighted by Gasteiger charge is -2.11. The van der Waals surface area contributed by atoms with Crippen molar-refractivity contribution in [3.8, 4) is 0 Å². The number of fused-ring (bicyclic) bond motifs is 1. The van der Waals surface area contributed by atoms with Crippen LogP contribution >= 0.6 is 0 Å². The Balaban J connectivity index is 2.08. The number of nitrogens with zero attached hydrogens (tertiary/aromatic N) is 2. The van der Waals surface area contributed by atoms with Crippen molar-refractivity contribution in [2.45, 2.75) is 6.92 Å². The van der Waals surface area contributed by atoms with Crippen LogP contribution in [0.15, 0.2) is 36.8 Å². The van der Waals surface area contributed by atoms with Gasteiger partial charge >= 0.3 is 5.97 Å². The molecular weight excluding hydrogens is 268 g/mol. The molecule has 2 heterocycles. The van der Waals surface area contributed by atoms with Crippen molar-refractivity contribution in [2.75, 3.05) is 12.4 Å². The maximum atomic E-state index is 11.9. The number of aromatic nitrogens is 3. The van der Waals surface area contributed by atoms with Gasteiger partial charge in [0.05, 0.1) is 12.8 Å². The molecule has 21 heavy (non-hydrogen) atoms. The summed E-state index contributed by atoms with van der Waals surface area (Å²) in [6.07, 6.45) is 3.28. The number of aromatic amines is 1. The number of rotatable bonds is 3. The Morgan fingerprint density at radius 2 is 2.14 bits per heavy atom. The molecule has 6 nitrogen and oxygen atoms in total.